The standard InChI is InChI=1S/C65H42F8N2/c1-35-5-13-39(14-6-35)43-21-25-48-49-26-22-44(40-15-7-36(2)8-16-40)30-53(49)74(52(48)29-43)56-33-47(58-60(66)62(68)64(70)63(69)61(58)67)34-57(59(56)65(71,72)73)75-54-31-45(41-17-9-37(3)10-18-41)23-27-50(54)51-28-24-46(32-55(51)75)42-19-11-38(4)12-20-42/h5-34H,1-4H3. The Morgan fingerprint density at radius 2 is 0.520 bits per heavy atom. The first kappa shape index (κ1) is 47.3. The van der Waals surface area contributed by atoms with Crippen molar-refractivity contribution in [3.8, 4) is 67.0 Å². The number of halogens is 8. The fraction of sp³-hybridized carbons (Fsp3) is 0.0769. The smallest absolute Gasteiger partial charge is 0.308 e. The number of hydrogen-bond donors (Lipinski definition) is 0. The Morgan fingerprint density at radius 1 is 0.280 bits per heavy atom. The van der Waals surface area contributed by atoms with Crippen LogP contribution >= 0.6 is 0 Å². The number of hydrogen-bond acceptors (Lipinski definition) is 0. The molecule has 0 aliphatic rings. The molecule has 0 bridgehead atoms. The number of aryl methyl sites for hydroxylation is 4. The third kappa shape index (κ3) is 7.94. The van der Waals surface area contributed by atoms with Gasteiger partial charge >= 0.3 is 6.18 Å². The summed E-state index contributed by atoms with van der Waals surface area (Å²) < 4.78 is 133. The van der Waals surface area contributed by atoms with Gasteiger partial charge in [0.2, 0.25) is 5.82 Å². The summed E-state index contributed by atoms with van der Waals surface area (Å²) >= 11 is 0. The van der Waals surface area contributed by atoms with Crippen molar-refractivity contribution >= 4 is 43.6 Å². The molecule has 0 fully saturated rings. The molecule has 368 valence electrons. The molecule has 2 heterocycles. The molecule has 75 heavy (non-hydrogen) atoms. The van der Waals surface area contributed by atoms with Gasteiger partial charge in [-0.25, -0.2) is 22.0 Å². The van der Waals surface area contributed by atoms with E-state index in [0.717, 1.165) is 56.6 Å². The van der Waals surface area contributed by atoms with Crippen LogP contribution in [0.5, 0.6) is 0 Å². The number of aromatic nitrogens is 2. The van der Waals surface area contributed by atoms with Crippen molar-refractivity contribution in [3.63, 3.8) is 0 Å². The van der Waals surface area contributed by atoms with Gasteiger partial charge in [0.1, 0.15) is 5.56 Å². The molecular formula is C65H42F8N2. The minimum absolute atomic E-state index is 0.292. The SMILES string of the molecule is Cc1ccc(-c2ccc3c4ccc(-c5ccc(C)cc5)cc4n(-c4cc(-c5c(F)c(F)c(F)c(F)c5F)cc(-n5c6cc(-c7ccc(C)cc7)ccc6c6ccc(-c7ccc(C)cc7)cc65)c4C(F)(F)F)c3c2)cc1. The number of benzene rings is 10. The Hall–Kier alpha value is -8.76. The van der Waals surface area contributed by atoms with E-state index in [-0.39, 0.29) is 0 Å². The fourth-order valence-electron chi connectivity index (χ4n) is 10.5. The molecule has 2 aromatic heterocycles. The fourth-order valence-corrected chi connectivity index (χ4v) is 10.5. The number of fused-ring (bicyclic) bond motifs is 6. The molecule has 10 aromatic carbocycles. The van der Waals surface area contributed by atoms with Crippen LogP contribution in [0.4, 0.5) is 35.1 Å². The number of nitrogens with zero attached hydrogens (tertiary/aromatic N) is 2. The molecule has 12 rings (SSSR count). The van der Waals surface area contributed by atoms with Crippen molar-refractivity contribution in [2.45, 2.75) is 33.9 Å². The molecule has 10 heteroatoms. The Morgan fingerprint density at radius 3 is 0.773 bits per heavy atom. The average Bonchev–Trinajstić information content (AvgIpc) is 3.93. The second kappa shape index (κ2) is 17.7. The van der Waals surface area contributed by atoms with Gasteiger partial charge in [0.05, 0.1) is 39.0 Å². The number of rotatable bonds is 7. The Bertz CT molecular complexity index is 3810. The highest BCUT2D eigenvalue weighted by atomic mass is 19.4. The van der Waals surface area contributed by atoms with Crippen LogP contribution in [0.3, 0.4) is 0 Å². The molecule has 0 radical (unpaired) electrons. The minimum atomic E-state index is -5.24. The first-order valence-electron chi connectivity index (χ1n) is 24.2. The highest BCUT2D eigenvalue weighted by molar-refractivity contribution is 6.13. The molecule has 0 saturated heterocycles. The summed E-state index contributed by atoms with van der Waals surface area (Å²) in [5, 5.41) is 2.20. The van der Waals surface area contributed by atoms with E-state index in [1.54, 1.807) is 24.3 Å². The van der Waals surface area contributed by atoms with Gasteiger partial charge in [-0.05, 0) is 114 Å². The van der Waals surface area contributed by atoms with Gasteiger partial charge in [0.25, 0.3) is 0 Å². The maximum absolute atomic E-state index is 17.2. The van der Waals surface area contributed by atoms with Gasteiger partial charge in [0, 0.05) is 21.5 Å². The van der Waals surface area contributed by atoms with Crippen LogP contribution in [-0.4, -0.2) is 9.13 Å². The van der Waals surface area contributed by atoms with Gasteiger partial charge in [-0.3, -0.25) is 0 Å². The summed E-state index contributed by atoms with van der Waals surface area (Å²) in [6.45, 7) is 7.75. The quantitative estimate of drug-likeness (QED) is 0.0855. The second-order valence-electron chi connectivity index (χ2n) is 19.4. The Kier molecular flexibility index (Phi) is 11.2. The van der Waals surface area contributed by atoms with Crippen molar-refractivity contribution in [1.82, 2.24) is 9.13 Å². The lowest BCUT2D eigenvalue weighted by atomic mass is 9.97. The molecule has 2 nitrogen and oxygen atoms in total. The first-order chi connectivity index (χ1) is 36.0. The van der Waals surface area contributed by atoms with Crippen LogP contribution in [0.25, 0.3) is 111 Å². The largest absolute Gasteiger partial charge is 0.420 e. The first-order valence-corrected chi connectivity index (χ1v) is 24.2. The lowest BCUT2D eigenvalue weighted by Gasteiger charge is -2.24. The maximum atomic E-state index is 17.2. The lowest BCUT2D eigenvalue weighted by Crippen LogP contribution is -2.16. The van der Waals surface area contributed by atoms with E-state index in [2.05, 4.69) is 0 Å². The zero-order valence-electron chi connectivity index (χ0n) is 40.7. The van der Waals surface area contributed by atoms with Crippen LogP contribution in [0, 0.1) is 56.8 Å². The summed E-state index contributed by atoms with van der Waals surface area (Å²) in [4.78, 5) is 0. The highest BCUT2D eigenvalue weighted by Crippen LogP contribution is 2.48. The van der Waals surface area contributed by atoms with Gasteiger partial charge in [-0.2, -0.15) is 13.2 Å². The highest BCUT2D eigenvalue weighted by Gasteiger charge is 2.40. The monoisotopic (exact) mass is 1000 g/mol. The Balaban J connectivity index is 1.28. The van der Waals surface area contributed by atoms with E-state index in [9.17, 15) is 4.39 Å². The molecule has 0 saturated carbocycles. The molecule has 0 atom stereocenters. The molecular weight excluding hydrogens is 961 g/mol. The average molecular weight is 1000 g/mol. The predicted octanol–water partition coefficient (Wildman–Crippen LogP) is 19.2. The Labute approximate surface area is 426 Å². The third-order valence-electron chi connectivity index (χ3n) is 14.4. The van der Waals surface area contributed by atoms with E-state index in [0.29, 0.717) is 65.9 Å². The molecule has 12 aromatic rings. The van der Waals surface area contributed by atoms with Crippen LogP contribution < -0.4 is 0 Å². The molecule has 0 aliphatic heterocycles. The van der Waals surface area contributed by atoms with Crippen molar-refractivity contribution in [3.05, 3.63) is 239 Å². The lowest BCUT2D eigenvalue weighted by molar-refractivity contribution is -0.137. The van der Waals surface area contributed by atoms with Gasteiger partial charge < -0.3 is 9.13 Å². The normalized spacial score (nSPS) is 12.0. The third-order valence-corrected chi connectivity index (χ3v) is 14.4. The zero-order valence-corrected chi connectivity index (χ0v) is 40.7. The van der Waals surface area contributed by atoms with Crippen LogP contribution in [0.1, 0.15) is 27.8 Å². The summed E-state index contributed by atoms with van der Waals surface area (Å²) in [7, 11) is 0. The summed E-state index contributed by atoms with van der Waals surface area (Å²) in [6, 6.07) is 54.2. The van der Waals surface area contributed by atoms with E-state index >= 15 is 30.7 Å². The minimum Gasteiger partial charge on any atom is -0.308 e. The van der Waals surface area contributed by atoms with Gasteiger partial charge in [-0.15, -0.1) is 0 Å². The maximum Gasteiger partial charge on any atom is 0.420 e. The molecule has 0 spiro atoms. The number of alkyl halides is 3. The van der Waals surface area contributed by atoms with Crippen molar-refractivity contribution in [1.29, 1.82) is 0 Å². The van der Waals surface area contributed by atoms with Crippen LogP contribution in [-0.2, 0) is 6.18 Å². The summed E-state index contributed by atoms with van der Waals surface area (Å²) in [5.41, 5.74) is 6.33. The van der Waals surface area contributed by atoms with E-state index in [1.807, 2.05) is 173 Å². The molecule has 0 amide bonds. The van der Waals surface area contributed by atoms with E-state index < -0.39 is 63.3 Å². The molecule has 0 unspecified atom stereocenters. The zero-order chi connectivity index (χ0) is 52.2. The summed E-state index contributed by atoms with van der Waals surface area (Å²) in [5.74, 6) is -11.3. The summed E-state index contributed by atoms with van der Waals surface area (Å²) in [6.07, 6.45) is -5.24. The van der Waals surface area contributed by atoms with E-state index in [1.165, 1.54) is 9.13 Å². The van der Waals surface area contributed by atoms with Gasteiger partial charge in [0.15, 0.2) is 23.3 Å². The molecule has 0 N–H and O–H groups in total. The van der Waals surface area contributed by atoms with Crippen LogP contribution in [0.2, 0.25) is 0 Å². The van der Waals surface area contributed by atoms with Crippen molar-refractivity contribution in [2.75, 3.05) is 0 Å². The van der Waals surface area contributed by atoms with E-state index in [4.69, 9.17) is 0 Å². The van der Waals surface area contributed by atoms with Crippen molar-refractivity contribution in [2.24, 2.45) is 0 Å². The van der Waals surface area contributed by atoms with Crippen molar-refractivity contribution < 1.29 is 35.1 Å². The predicted molar refractivity (Wildman–Crippen MR) is 286 cm³/mol. The second-order valence-corrected chi connectivity index (χ2v) is 19.4. The van der Waals surface area contributed by atoms with Crippen LogP contribution in [0.15, 0.2) is 182 Å². The topological polar surface area (TPSA) is 9.86 Å². The van der Waals surface area contributed by atoms with Gasteiger partial charge in [-0.1, -0.05) is 168 Å². The molecule has 0 aliphatic carbocycles.